The zero-order valence-corrected chi connectivity index (χ0v) is 10.5. The lowest BCUT2D eigenvalue weighted by molar-refractivity contribution is -0.137. The summed E-state index contributed by atoms with van der Waals surface area (Å²) in [6.07, 6.45) is 0.420. The van der Waals surface area contributed by atoms with Gasteiger partial charge in [-0.05, 0) is 25.0 Å². The first-order chi connectivity index (χ1) is 9.02. The van der Waals surface area contributed by atoms with E-state index >= 15 is 0 Å². The standard InChI is InChI=1S/C13H17F3N2O/c14-13(15,16)10-5-6-12(17-8-10)18-7-3-1-2-4-11(18)9-19/h5-6,8,11,19H,1-4,7,9H2. The predicted octanol–water partition coefficient (Wildman–Crippen LogP) is 2.84. The molecule has 1 saturated heterocycles. The van der Waals surface area contributed by atoms with E-state index in [1.807, 2.05) is 4.90 Å². The fourth-order valence-electron chi connectivity index (χ4n) is 2.39. The van der Waals surface area contributed by atoms with Crippen LogP contribution in [0.15, 0.2) is 18.3 Å². The molecule has 1 fully saturated rings. The van der Waals surface area contributed by atoms with Crippen LogP contribution in [0.3, 0.4) is 0 Å². The molecule has 1 aromatic heterocycles. The van der Waals surface area contributed by atoms with Gasteiger partial charge in [0, 0.05) is 12.7 Å². The molecule has 1 aliphatic heterocycles. The van der Waals surface area contributed by atoms with Gasteiger partial charge in [-0.25, -0.2) is 4.98 Å². The molecular weight excluding hydrogens is 257 g/mol. The molecule has 106 valence electrons. The predicted molar refractivity (Wildman–Crippen MR) is 65.9 cm³/mol. The van der Waals surface area contributed by atoms with E-state index in [9.17, 15) is 18.3 Å². The second kappa shape index (κ2) is 5.77. The maximum Gasteiger partial charge on any atom is 0.417 e. The van der Waals surface area contributed by atoms with Crippen molar-refractivity contribution >= 4 is 5.82 Å². The Morgan fingerprint density at radius 3 is 2.63 bits per heavy atom. The highest BCUT2D eigenvalue weighted by atomic mass is 19.4. The SMILES string of the molecule is OCC1CCCCCN1c1ccc(C(F)(F)F)cn1. The van der Waals surface area contributed by atoms with E-state index in [1.54, 1.807) is 0 Å². The number of nitrogens with zero attached hydrogens (tertiary/aromatic N) is 2. The fourth-order valence-corrected chi connectivity index (χ4v) is 2.39. The zero-order valence-electron chi connectivity index (χ0n) is 10.5. The van der Waals surface area contributed by atoms with Crippen molar-refractivity contribution < 1.29 is 18.3 Å². The molecule has 1 atom stereocenters. The monoisotopic (exact) mass is 274 g/mol. The van der Waals surface area contributed by atoms with Crippen LogP contribution >= 0.6 is 0 Å². The van der Waals surface area contributed by atoms with Crippen LogP contribution in [0, 0.1) is 0 Å². The molecule has 2 rings (SSSR count). The molecule has 1 aromatic rings. The summed E-state index contributed by atoms with van der Waals surface area (Å²) in [5.74, 6) is 0.508. The highest BCUT2D eigenvalue weighted by molar-refractivity contribution is 5.41. The average Bonchev–Trinajstić information content (AvgIpc) is 2.62. The van der Waals surface area contributed by atoms with Gasteiger partial charge in [0.1, 0.15) is 5.82 Å². The summed E-state index contributed by atoms with van der Waals surface area (Å²) in [5, 5.41) is 9.38. The van der Waals surface area contributed by atoms with Crippen molar-refractivity contribution in [3.8, 4) is 0 Å². The Labute approximate surface area is 110 Å². The molecule has 0 radical (unpaired) electrons. The lowest BCUT2D eigenvalue weighted by Crippen LogP contribution is -2.38. The van der Waals surface area contributed by atoms with Crippen LogP contribution in [0.25, 0.3) is 0 Å². The lowest BCUT2D eigenvalue weighted by Gasteiger charge is -2.29. The van der Waals surface area contributed by atoms with Crippen molar-refractivity contribution in [3.05, 3.63) is 23.9 Å². The highest BCUT2D eigenvalue weighted by Crippen LogP contribution is 2.30. The second-order valence-corrected chi connectivity index (χ2v) is 4.78. The van der Waals surface area contributed by atoms with E-state index in [2.05, 4.69) is 4.98 Å². The number of anilines is 1. The molecular formula is C13H17F3N2O. The number of rotatable bonds is 2. The van der Waals surface area contributed by atoms with Gasteiger partial charge in [-0.15, -0.1) is 0 Å². The molecule has 19 heavy (non-hydrogen) atoms. The van der Waals surface area contributed by atoms with E-state index in [-0.39, 0.29) is 12.6 Å². The molecule has 6 heteroatoms. The van der Waals surface area contributed by atoms with Crippen LogP contribution in [0.4, 0.5) is 19.0 Å². The summed E-state index contributed by atoms with van der Waals surface area (Å²) < 4.78 is 37.4. The Morgan fingerprint density at radius 2 is 2.05 bits per heavy atom. The largest absolute Gasteiger partial charge is 0.417 e. The van der Waals surface area contributed by atoms with Gasteiger partial charge in [0.05, 0.1) is 18.2 Å². The Balaban J connectivity index is 2.19. The fraction of sp³-hybridized carbons (Fsp3) is 0.615. The number of pyridine rings is 1. The number of aromatic nitrogens is 1. The molecule has 0 aliphatic carbocycles. The first-order valence-corrected chi connectivity index (χ1v) is 6.43. The van der Waals surface area contributed by atoms with Crippen LogP contribution in [-0.2, 0) is 6.18 Å². The summed E-state index contributed by atoms with van der Waals surface area (Å²) in [6.45, 7) is 0.728. The number of aliphatic hydroxyl groups is 1. The topological polar surface area (TPSA) is 36.4 Å². The minimum atomic E-state index is -4.36. The average molecular weight is 274 g/mol. The molecule has 0 saturated carbocycles. The molecule has 1 N–H and O–H groups in total. The van der Waals surface area contributed by atoms with E-state index in [4.69, 9.17) is 0 Å². The third kappa shape index (κ3) is 3.37. The Morgan fingerprint density at radius 1 is 1.26 bits per heavy atom. The molecule has 0 amide bonds. The molecule has 0 spiro atoms. The molecule has 0 bridgehead atoms. The van der Waals surface area contributed by atoms with Crippen molar-refractivity contribution in [2.45, 2.75) is 37.9 Å². The van der Waals surface area contributed by atoms with Crippen molar-refractivity contribution in [2.75, 3.05) is 18.1 Å². The van der Waals surface area contributed by atoms with Gasteiger partial charge >= 0.3 is 6.18 Å². The van der Waals surface area contributed by atoms with Gasteiger partial charge in [-0.3, -0.25) is 0 Å². The molecule has 2 heterocycles. The van der Waals surface area contributed by atoms with Crippen LogP contribution in [0.2, 0.25) is 0 Å². The Kier molecular flexibility index (Phi) is 4.29. The normalized spacial score (nSPS) is 21.3. The third-order valence-corrected chi connectivity index (χ3v) is 3.46. The molecule has 1 unspecified atom stereocenters. The van der Waals surface area contributed by atoms with Gasteiger partial charge in [0.25, 0.3) is 0 Å². The van der Waals surface area contributed by atoms with E-state index in [0.717, 1.165) is 44.5 Å². The van der Waals surface area contributed by atoms with E-state index in [1.165, 1.54) is 6.07 Å². The van der Waals surface area contributed by atoms with Gasteiger partial charge < -0.3 is 10.0 Å². The molecule has 3 nitrogen and oxygen atoms in total. The smallest absolute Gasteiger partial charge is 0.394 e. The van der Waals surface area contributed by atoms with Gasteiger partial charge in [0.15, 0.2) is 0 Å². The molecule has 0 aromatic carbocycles. The number of hydrogen-bond acceptors (Lipinski definition) is 3. The maximum atomic E-state index is 12.5. The summed E-state index contributed by atoms with van der Waals surface area (Å²) in [7, 11) is 0. The minimum Gasteiger partial charge on any atom is -0.394 e. The van der Waals surface area contributed by atoms with E-state index in [0.29, 0.717) is 5.82 Å². The summed E-state index contributed by atoms with van der Waals surface area (Å²) in [6, 6.07) is 2.38. The van der Waals surface area contributed by atoms with Crippen LogP contribution in [0.1, 0.15) is 31.2 Å². The first kappa shape index (κ1) is 14.1. The zero-order chi connectivity index (χ0) is 13.9. The van der Waals surface area contributed by atoms with Crippen molar-refractivity contribution in [2.24, 2.45) is 0 Å². The number of hydrogen-bond donors (Lipinski definition) is 1. The number of aliphatic hydroxyl groups excluding tert-OH is 1. The maximum absolute atomic E-state index is 12.5. The van der Waals surface area contributed by atoms with Crippen LogP contribution < -0.4 is 4.90 Å². The highest BCUT2D eigenvalue weighted by Gasteiger charge is 2.31. The Bertz CT molecular complexity index is 405. The minimum absolute atomic E-state index is 0.00268. The third-order valence-electron chi connectivity index (χ3n) is 3.46. The summed E-state index contributed by atoms with van der Waals surface area (Å²) >= 11 is 0. The summed E-state index contributed by atoms with van der Waals surface area (Å²) in [5.41, 5.74) is -0.744. The van der Waals surface area contributed by atoms with Gasteiger partial charge in [-0.2, -0.15) is 13.2 Å². The summed E-state index contributed by atoms with van der Waals surface area (Å²) in [4.78, 5) is 5.81. The molecule has 1 aliphatic rings. The quantitative estimate of drug-likeness (QED) is 0.901. The van der Waals surface area contributed by atoms with Crippen LogP contribution in [0.5, 0.6) is 0 Å². The first-order valence-electron chi connectivity index (χ1n) is 6.43. The van der Waals surface area contributed by atoms with Gasteiger partial charge in [-0.1, -0.05) is 12.8 Å². The number of halogens is 3. The van der Waals surface area contributed by atoms with Crippen molar-refractivity contribution in [1.82, 2.24) is 4.98 Å². The van der Waals surface area contributed by atoms with Crippen molar-refractivity contribution in [3.63, 3.8) is 0 Å². The lowest BCUT2D eigenvalue weighted by atomic mass is 10.1. The van der Waals surface area contributed by atoms with Gasteiger partial charge in [0.2, 0.25) is 0 Å². The van der Waals surface area contributed by atoms with Crippen molar-refractivity contribution in [1.29, 1.82) is 0 Å². The second-order valence-electron chi connectivity index (χ2n) is 4.78. The Hall–Kier alpha value is -1.30. The van der Waals surface area contributed by atoms with E-state index < -0.39 is 11.7 Å². The van der Waals surface area contributed by atoms with Crippen LogP contribution in [-0.4, -0.2) is 29.3 Å². The number of alkyl halides is 3.